The minimum Gasteiger partial charge on any atom is -0.295 e. The van der Waals surface area contributed by atoms with Crippen molar-refractivity contribution < 1.29 is 4.79 Å². The van der Waals surface area contributed by atoms with Gasteiger partial charge < -0.3 is 0 Å². The Bertz CT molecular complexity index is 776. The monoisotopic (exact) mass is 378 g/mol. The van der Waals surface area contributed by atoms with Crippen LogP contribution in [0, 0.1) is 34.5 Å². The largest absolute Gasteiger partial charge is 0.295 e. The Morgan fingerprint density at radius 1 is 1.07 bits per heavy atom. The van der Waals surface area contributed by atoms with Gasteiger partial charge in [0, 0.05) is 6.42 Å². The summed E-state index contributed by atoms with van der Waals surface area (Å²) < 4.78 is 0. The molecule has 5 unspecified atom stereocenters. The third kappa shape index (κ3) is 3.10. The molecule has 0 aromatic rings. The van der Waals surface area contributed by atoms with Crippen LogP contribution in [0.3, 0.4) is 0 Å². The van der Waals surface area contributed by atoms with Crippen LogP contribution in [0.1, 0.15) is 79.6 Å². The molecule has 0 saturated heterocycles. The number of carbonyl (C=O) groups is 1. The van der Waals surface area contributed by atoms with Gasteiger partial charge in [-0.25, -0.2) is 0 Å². The lowest BCUT2D eigenvalue weighted by atomic mass is 9.53. The maximum absolute atomic E-state index is 12.0. The highest BCUT2D eigenvalue weighted by atomic mass is 16.1. The molecular formula is C27H38O. The summed E-state index contributed by atoms with van der Waals surface area (Å²) in [5.74, 6) is 3.10. The summed E-state index contributed by atoms with van der Waals surface area (Å²) in [6, 6.07) is 0. The Morgan fingerprint density at radius 3 is 2.61 bits per heavy atom. The van der Waals surface area contributed by atoms with Crippen molar-refractivity contribution in [3.05, 3.63) is 47.1 Å². The molecule has 0 radical (unpaired) electrons. The minimum atomic E-state index is 0.174. The summed E-state index contributed by atoms with van der Waals surface area (Å²) in [5.41, 5.74) is 5.23. The maximum Gasteiger partial charge on any atom is 0.156 e. The Kier molecular flexibility index (Phi) is 5.09. The third-order valence-electron chi connectivity index (χ3n) is 8.65. The van der Waals surface area contributed by atoms with E-state index in [1.807, 2.05) is 6.08 Å². The average Bonchev–Trinajstić information content (AvgIpc) is 2.99. The van der Waals surface area contributed by atoms with Crippen LogP contribution >= 0.6 is 0 Å². The first-order valence-electron chi connectivity index (χ1n) is 11.6. The van der Waals surface area contributed by atoms with Gasteiger partial charge >= 0.3 is 0 Å². The lowest BCUT2D eigenvalue weighted by Crippen LogP contribution is -2.41. The Labute approximate surface area is 172 Å². The van der Waals surface area contributed by atoms with Gasteiger partial charge in [-0.3, -0.25) is 4.79 Å². The molecule has 0 amide bonds. The van der Waals surface area contributed by atoms with E-state index in [2.05, 4.69) is 58.9 Å². The second kappa shape index (κ2) is 7.15. The lowest BCUT2D eigenvalue weighted by Gasteiger charge is -2.51. The van der Waals surface area contributed by atoms with E-state index in [1.54, 1.807) is 11.1 Å². The predicted molar refractivity (Wildman–Crippen MR) is 118 cm³/mol. The molecule has 28 heavy (non-hydrogen) atoms. The van der Waals surface area contributed by atoms with Gasteiger partial charge in [0.25, 0.3) is 0 Å². The molecule has 0 bridgehead atoms. The Balaban J connectivity index is 1.65. The molecule has 1 saturated carbocycles. The fourth-order valence-corrected chi connectivity index (χ4v) is 6.90. The second-order valence-corrected chi connectivity index (χ2v) is 10.8. The molecular weight excluding hydrogens is 340 g/mol. The van der Waals surface area contributed by atoms with Gasteiger partial charge in [-0.2, -0.15) is 0 Å². The second-order valence-electron chi connectivity index (χ2n) is 10.8. The summed E-state index contributed by atoms with van der Waals surface area (Å²) in [7, 11) is 0. The summed E-state index contributed by atoms with van der Waals surface area (Å²) in [6.07, 6.45) is 19.7. The highest BCUT2D eigenvalue weighted by Gasteiger charge is 2.53. The first kappa shape index (κ1) is 19.9. The highest BCUT2D eigenvalue weighted by Crippen LogP contribution is 2.63. The zero-order valence-electron chi connectivity index (χ0n) is 18.6. The van der Waals surface area contributed by atoms with Gasteiger partial charge in [0.1, 0.15) is 0 Å². The number of ketones is 1. The lowest BCUT2D eigenvalue weighted by molar-refractivity contribution is -0.116. The molecule has 0 aliphatic heterocycles. The molecule has 0 heterocycles. The molecule has 4 rings (SSSR count). The maximum atomic E-state index is 12.0. The van der Waals surface area contributed by atoms with E-state index in [4.69, 9.17) is 0 Å². The molecule has 152 valence electrons. The summed E-state index contributed by atoms with van der Waals surface area (Å²) in [5, 5.41) is 0. The Morgan fingerprint density at radius 2 is 1.86 bits per heavy atom. The fraction of sp³-hybridized carbons (Fsp3) is 0.667. The minimum absolute atomic E-state index is 0.174. The van der Waals surface area contributed by atoms with Crippen molar-refractivity contribution in [2.75, 3.05) is 0 Å². The van der Waals surface area contributed by atoms with Crippen LogP contribution in [0.25, 0.3) is 0 Å². The molecule has 0 aromatic heterocycles. The summed E-state index contributed by atoms with van der Waals surface area (Å²) >= 11 is 0. The van der Waals surface area contributed by atoms with Crippen LogP contribution in [-0.2, 0) is 4.79 Å². The van der Waals surface area contributed by atoms with Gasteiger partial charge in [-0.1, -0.05) is 64.5 Å². The van der Waals surface area contributed by atoms with Crippen LogP contribution in [0.5, 0.6) is 0 Å². The van der Waals surface area contributed by atoms with Crippen molar-refractivity contribution in [3.8, 4) is 0 Å². The number of hydrogen-bond acceptors (Lipinski definition) is 1. The van der Waals surface area contributed by atoms with Crippen LogP contribution in [-0.4, -0.2) is 5.78 Å². The van der Waals surface area contributed by atoms with Gasteiger partial charge in [0.2, 0.25) is 0 Å². The smallest absolute Gasteiger partial charge is 0.156 e. The molecule has 0 spiro atoms. The van der Waals surface area contributed by atoms with Crippen molar-refractivity contribution in [1.29, 1.82) is 0 Å². The molecule has 0 N–H and O–H groups in total. The number of allylic oxidation sites excluding steroid dienone is 8. The van der Waals surface area contributed by atoms with Crippen molar-refractivity contribution in [2.45, 2.75) is 79.6 Å². The average molecular weight is 379 g/mol. The number of fused-ring (bicyclic) bond motifs is 4. The van der Waals surface area contributed by atoms with Crippen LogP contribution in [0.2, 0.25) is 0 Å². The quantitative estimate of drug-likeness (QED) is 0.472. The molecule has 5 atom stereocenters. The van der Waals surface area contributed by atoms with Crippen molar-refractivity contribution in [2.24, 2.45) is 34.5 Å². The van der Waals surface area contributed by atoms with Crippen molar-refractivity contribution in [1.82, 2.24) is 0 Å². The van der Waals surface area contributed by atoms with E-state index in [0.717, 1.165) is 24.7 Å². The number of rotatable bonds is 4. The molecule has 1 heteroatoms. The Hall–Kier alpha value is -1.37. The summed E-state index contributed by atoms with van der Waals surface area (Å²) in [6.45, 7) is 12.0. The van der Waals surface area contributed by atoms with Gasteiger partial charge in [0.05, 0.1) is 0 Å². The van der Waals surface area contributed by atoms with E-state index in [9.17, 15) is 4.79 Å². The van der Waals surface area contributed by atoms with Gasteiger partial charge in [-0.05, 0) is 90.2 Å². The van der Waals surface area contributed by atoms with E-state index >= 15 is 0 Å². The van der Waals surface area contributed by atoms with Gasteiger partial charge in [-0.15, -0.1) is 0 Å². The molecule has 0 aromatic carbocycles. The van der Waals surface area contributed by atoms with E-state index in [1.165, 1.54) is 37.7 Å². The zero-order chi connectivity index (χ0) is 20.1. The van der Waals surface area contributed by atoms with E-state index in [-0.39, 0.29) is 5.41 Å². The van der Waals surface area contributed by atoms with Crippen LogP contribution in [0.4, 0.5) is 0 Å². The SMILES string of the molecule is CC(C)CC=CC(C)C1CCC2=C3C=CC4=CC(=O)CCC4(C)C3CCC21C. The van der Waals surface area contributed by atoms with Crippen molar-refractivity contribution in [3.63, 3.8) is 0 Å². The van der Waals surface area contributed by atoms with Gasteiger partial charge in [0.15, 0.2) is 5.78 Å². The molecule has 4 aliphatic carbocycles. The first-order valence-corrected chi connectivity index (χ1v) is 11.6. The normalized spacial score (nSPS) is 38.5. The topological polar surface area (TPSA) is 17.1 Å². The number of carbonyl (C=O) groups excluding carboxylic acids is 1. The van der Waals surface area contributed by atoms with E-state index in [0.29, 0.717) is 23.0 Å². The molecule has 4 aliphatic rings. The van der Waals surface area contributed by atoms with Crippen LogP contribution < -0.4 is 0 Å². The van der Waals surface area contributed by atoms with Crippen LogP contribution in [0.15, 0.2) is 47.1 Å². The zero-order valence-corrected chi connectivity index (χ0v) is 18.6. The predicted octanol–water partition coefficient (Wildman–Crippen LogP) is 7.21. The number of hydrogen-bond donors (Lipinski definition) is 0. The van der Waals surface area contributed by atoms with E-state index < -0.39 is 0 Å². The van der Waals surface area contributed by atoms with Crippen molar-refractivity contribution >= 4 is 5.78 Å². The molecule has 1 nitrogen and oxygen atoms in total. The molecule has 1 fully saturated rings. The fourth-order valence-electron chi connectivity index (χ4n) is 6.90. The summed E-state index contributed by atoms with van der Waals surface area (Å²) in [4.78, 5) is 12.0. The third-order valence-corrected chi connectivity index (χ3v) is 8.65. The highest BCUT2D eigenvalue weighted by molar-refractivity contribution is 5.92. The first-order chi connectivity index (χ1) is 13.3. The standard InChI is InChI=1S/C27H38O/c1-18(2)7-6-8-19(3)23-11-12-24-22-10-9-20-17-21(28)13-15-26(20,4)25(22)14-16-27(23,24)5/h6,8-10,17-19,23,25H,7,11-16H2,1-5H3.